The minimum atomic E-state index is 0.0409. The highest BCUT2D eigenvalue weighted by molar-refractivity contribution is 7.08. The molecule has 1 N–H and O–H groups in total. The summed E-state index contributed by atoms with van der Waals surface area (Å²) in [5, 5.41) is 6.99. The Morgan fingerprint density at radius 3 is 2.38 bits per heavy atom. The molecule has 0 saturated carbocycles. The SMILES string of the molecule is O=C(NC1CCN(c2cc(N3CCCCC3)ncn2)CC1)c1ccsc1. The van der Waals surface area contributed by atoms with Crippen LogP contribution in [-0.2, 0) is 0 Å². The van der Waals surface area contributed by atoms with Crippen LogP contribution in [0.1, 0.15) is 42.5 Å². The van der Waals surface area contributed by atoms with Crippen LogP contribution in [0, 0.1) is 0 Å². The molecule has 2 saturated heterocycles. The van der Waals surface area contributed by atoms with Crippen LogP contribution in [-0.4, -0.2) is 48.1 Å². The summed E-state index contributed by atoms with van der Waals surface area (Å²) in [7, 11) is 0. The van der Waals surface area contributed by atoms with Gasteiger partial charge in [-0.2, -0.15) is 11.3 Å². The minimum Gasteiger partial charge on any atom is -0.356 e. The Hall–Kier alpha value is -2.15. The van der Waals surface area contributed by atoms with E-state index in [0.29, 0.717) is 0 Å². The first-order chi connectivity index (χ1) is 12.8. The molecule has 26 heavy (non-hydrogen) atoms. The summed E-state index contributed by atoms with van der Waals surface area (Å²) < 4.78 is 0. The number of amides is 1. The van der Waals surface area contributed by atoms with E-state index in [9.17, 15) is 4.79 Å². The molecule has 0 atom stereocenters. The van der Waals surface area contributed by atoms with E-state index in [-0.39, 0.29) is 11.9 Å². The first-order valence-electron chi connectivity index (χ1n) is 9.44. The highest BCUT2D eigenvalue weighted by atomic mass is 32.1. The Bertz CT molecular complexity index is 721. The molecule has 4 heterocycles. The molecule has 2 aromatic heterocycles. The molecule has 2 aliphatic rings. The monoisotopic (exact) mass is 371 g/mol. The lowest BCUT2D eigenvalue weighted by atomic mass is 10.0. The van der Waals surface area contributed by atoms with E-state index >= 15 is 0 Å². The zero-order valence-corrected chi connectivity index (χ0v) is 15.7. The van der Waals surface area contributed by atoms with Crippen molar-refractivity contribution in [2.45, 2.75) is 38.1 Å². The van der Waals surface area contributed by atoms with Crippen molar-refractivity contribution >= 4 is 28.9 Å². The van der Waals surface area contributed by atoms with Crippen molar-refractivity contribution in [3.05, 3.63) is 34.8 Å². The van der Waals surface area contributed by atoms with Gasteiger partial charge in [-0.25, -0.2) is 9.97 Å². The van der Waals surface area contributed by atoms with Crippen molar-refractivity contribution < 1.29 is 4.79 Å². The molecule has 0 aromatic carbocycles. The smallest absolute Gasteiger partial charge is 0.252 e. The number of rotatable bonds is 4. The number of carbonyl (C=O) groups is 1. The topological polar surface area (TPSA) is 61.4 Å². The standard InChI is InChI=1S/C19H25N5OS/c25-19(15-6-11-26-13-15)22-16-4-9-24(10-5-16)18-12-17(20-14-21-18)23-7-2-1-3-8-23/h6,11-14,16H,1-5,7-10H2,(H,22,25). The summed E-state index contributed by atoms with van der Waals surface area (Å²) >= 11 is 1.55. The fourth-order valence-electron chi connectivity index (χ4n) is 3.72. The van der Waals surface area contributed by atoms with Crippen molar-refractivity contribution in [2.75, 3.05) is 36.0 Å². The number of piperidine rings is 2. The fourth-order valence-corrected chi connectivity index (χ4v) is 4.36. The molecule has 0 unspecified atom stereocenters. The molecule has 0 aliphatic carbocycles. The summed E-state index contributed by atoms with van der Waals surface area (Å²) in [5.41, 5.74) is 0.763. The highest BCUT2D eigenvalue weighted by Crippen LogP contribution is 2.23. The van der Waals surface area contributed by atoms with Crippen LogP contribution >= 0.6 is 11.3 Å². The lowest BCUT2D eigenvalue weighted by Crippen LogP contribution is -2.45. The van der Waals surface area contributed by atoms with Crippen LogP contribution < -0.4 is 15.1 Å². The van der Waals surface area contributed by atoms with Crippen molar-refractivity contribution in [1.29, 1.82) is 0 Å². The van der Waals surface area contributed by atoms with Crippen molar-refractivity contribution in [3.8, 4) is 0 Å². The van der Waals surface area contributed by atoms with Gasteiger partial charge in [-0.3, -0.25) is 4.79 Å². The second-order valence-corrected chi connectivity index (χ2v) is 7.81. The van der Waals surface area contributed by atoms with Gasteiger partial charge in [0.05, 0.1) is 0 Å². The third kappa shape index (κ3) is 3.98. The average Bonchev–Trinajstić information content (AvgIpc) is 3.24. The number of nitrogens with zero attached hydrogens (tertiary/aromatic N) is 4. The normalized spacial score (nSPS) is 18.8. The van der Waals surface area contributed by atoms with E-state index in [0.717, 1.165) is 56.2 Å². The second-order valence-electron chi connectivity index (χ2n) is 7.03. The van der Waals surface area contributed by atoms with Crippen LogP contribution in [0.4, 0.5) is 11.6 Å². The van der Waals surface area contributed by atoms with E-state index in [1.54, 1.807) is 17.7 Å². The van der Waals surface area contributed by atoms with E-state index in [4.69, 9.17) is 0 Å². The summed E-state index contributed by atoms with van der Waals surface area (Å²) in [6, 6.07) is 4.23. The molecular weight excluding hydrogens is 346 g/mol. The van der Waals surface area contributed by atoms with Gasteiger partial charge in [-0.15, -0.1) is 0 Å². The zero-order valence-electron chi connectivity index (χ0n) is 14.9. The molecule has 2 aliphatic heterocycles. The molecule has 4 rings (SSSR count). The number of hydrogen-bond acceptors (Lipinski definition) is 6. The number of hydrogen-bond donors (Lipinski definition) is 1. The quantitative estimate of drug-likeness (QED) is 0.895. The predicted octanol–water partition coefficient (Wildman–Crippen LogP) is 2.93. The van der Waals surface area contributed by atoms with Crippen LogP contribution in [0.25, 0.3) is 0 Å². The molecule has 6 nitrogen and oxygen atoms in total. The highest BCUT2D eigenvalue weighted by Gasteiger charge is 2.23. The van der Waals surface area contributed by atoms with Gasteiger partial charge in [0.2, 0.25) is 0 Å². The molecule has 2 fully saturated rings. The third-order valence-electron chi connectivity index (χ3n) is 5.26. The first kappa shape index (κ1) is 17.3. The van der Waals surface area contributed by atoms with Gasteiger partial charge in [0.15, 0.2) is 0 Å². The Balaban J connectivity index is 1.33. The van der Waals surface area contributed by atoms with Crippen LogP contribution in [0.3, 0.4) is 0 Å². The fraction of sp³-hybridized carbons (Fsp3) is 0.526. The summed E-state index contributed by atoms with van der Waals surface area (Å²) in [5.74, 6) is 2.09. The maximum Gasteiger partial charge on any atom is 0.252 e. The third-order valence-corrected chi connectivity index (χ3v) is 5.94. The molecule has 1 amide bonds. The van der Waals surface area contributed by atoms with E-state index in [1.807, 2.05) is 16.8 Å². The van der Waals surface area contributed by atoms with Gasteiger partial charge >= 0.3 is 0 Å². The molecule has 7 heteroatoms. The number of carbonyl (C=O) groups excluding carboxylic acids is 1. The van der Waals surface area contributed by atoms with Crippen molar-refractivity contribution in [2.24, 2.45) is 0 Å². The first-order valence-corrected chi connectivity index (χ1v) is 10.4. The molecule has 0 bridgehead atoms. The Kier molecular flexibility index (Phi) is 5.34. The molecule has 138 valence electrons. The van der Waals surface area contributed by atoms with E-state index in [1.165, 1.54) is 19.3 Å². The zero-order chi connectivity index (χ0) is 17.8. The van der Waals surface area contributed by atoms with Crippen LogP contribution in [0.5, 0.6) is 0 Å². The van der Waals surface area contributed by atoms with Crippen LogP contribution in [0.2, 0.25) is 0 Å². The van der Waals surface area contributed by atoms with Gasteiger partial charge in [-0.05, 0) is 43.6 Å². The summed E-state index contributed by atoms with van der Waals surface area (Å²) in [6.07, 6.45) is 7.38. The lowest BCUT2D eigenvalue weighted by molar-refractivity contribution is 0.0931. The van der Waals surface area contributed by atoms with Gasteiger partial charge in [0.25, 0.3) is 5.91 Å². The number of anilines is 2. The minimum absolute atomic E-state index is 0.0409. The Labute approximate surface area is 158 Å². The van der Waals surface area contributed by atoms with Gasteiger partial charge in [-0.1, -0.05) is 0 Å². The molecule has 2 aromatic rings. The van der Waals surface area contributed by atoms with Crippen molar-refractivity contribution in [3.63, 3.8) is 0 Å². The number of nitrogens with one attached hydrogen (secondary N) is 1. The Morgan fingerprint density at radius 1 is 1.04 bits per heavy atom. The lowest BCUT2D eigenvalue weighted by Gasteiger charge is -2.34. The van der Waals surface area contributed by atoms with Gasteiger partial charge in [0, 0.05) is 49.2 Å². The van der Waals surface area contributed by atoms with Crippen molar-refractivity contribution in [1.82, 2.24) is 15.3 Å². The second kappa shape index (κ2) is 8.03. The van der Waals surface area contributed by atoms with Gasteiger partial charge < -0.3 is 15.1 Å². The van der Waals surface area contributed by atoms with E-state index < -0.39 is 0 Å². The Morgan fingerprint density at radius 2 is 1.73 bits per heavy atom. The summed E-state index contributed by atoms with van der Waals surface area (Å²) in [6.45, 7) is 4.00. The molecule has 0 radical (unpaired) electrons. The summed E-state index contributed by atoms with van der Waals surface area (Å²) in [4.78, 5) is 25.8. The molecular formula is C19H25N5OS. The average molecular weight is 372 g/mol. The number of thiophene rings is 1. The van der Waals surface area contributed by atoms with E-state index in [2.05, 4.69) is 31.2 Å². The number of aromatic nitrogens is 2. The largest absolute Gasteiger partial charge is 0.356 e. The molecule has 0 spiro atoms. The maximum absolute atomic E-state index is 12.2. The maximum atomic E-state index is 12.2. The predicted molar refractivity (Wildman–Crippen MR) is 105 cm³/mol. The van der Waals surface area contributed by atoms with Crippen LogP contribution in [0.15, 0.2) is 29.2 Å². The van der Waals surface area contributed by atoms with Gasteiger partial charge in [0.1, 0.15) is 18.0 Å².